The summed E-state index contributed by atoms with van der Waals surface area (Å²) in [5.74, 6) is -1.80. The zero-order valence-corrected chi connectivity index (χ0v) is 32.7. The molecule has 0 saturated carbocycles. The number of rotatable bonds is 38. The minimum Gasteiger partial charge on any atom is -0.550 e. The Morgan fingerprint density at radius 3 is 0.532 bits per heavy atom. The van der Waals surface area contributed by atoms with Gasteiger partial charge in [-0.15, -0.1) is 0 Å². The van der Waals surface area contributed by atoms with Crippen molar-refractivity contribution in [3.63, 3.8) is 0 Å². The molecular formula is C42H82CuO4. The Balaban J connectivity index is -0.000000807. The van der Waals surface area contributed by atoms with Crippen molar-refractivity contribution < 1.29 is 36.9 Å². The van der Waals surface area contributed by atoms with E-state index in [4.69, 9.17) is 0 Å². The van der Waals surface area contributed by atoms with Gasteiger partial charge in [-0.05, 0) is 25.7 Å². The van der Waals surface area contributed by atoms with E-state index >= 15 is 0 Å². The first-order valence-electron chi connectivity index (χ1n) is 20.9. The first-order chi connectivity index (χ1) is 22.5. The van der Waals surface area contributed by atoms with E-state index in [2.05, 4.69) is 13.8 Å². The molecule has 0 bridgehead atoms. The molecule has 0 saturated heterocycles. The van der Waals surface area contributed by atoms with Crippen LogP contribution in [0.2, 0.25) is 0 Å². The van der Waals surface area contributed by atoms with Crippen molar-refractivity contribution in [2.45, 2.75) is 258 Å². The van der Waals surface area contributed by atoms with Gasteiger partial charge < -0.3 is 19.8 Å². The molecule has 4 nitrogen and oxygen atoms in total. The molecule has 0 aliphatic rings. The van der Waals surface area contributed by atoms with Crippen LogP contribution in [0.15, 0.2) is 0 Å². The van der Waals surface area contributed by atoms with E-state index in [-0.39, 0.29) is 29.9 Å². The Hall–Kier alpha value is -0.541. The summed E-state index contributed by atoms with van der Waals surface area (Å²) < 4.78 is 0. The largest absolute Gasteiger partial charge is 2.00 e. The van der Waals surface area contributed by atoms with E-state index in [1.807, 2.05) is 0 Å². The van der Waals surface area contributed by atoms with Crippen molar-refractivity contribution in [2.24, 2.45) is 0 Å². The topological polar surface area (TPSA) is 80.3 Å². The molecule has 0 atom stereocenters. The average molecular weight is 715 g/mol. The van der Waals surface area contributed by atoms with E-state index < -0.39 is 11.9 Å². The van der Waals surface area contributed by atoms with Crippen molar-refractivity contribution >= 4 is 11.9 Å². The number of carbonyl (C=O) groups is 2. The van der Waals surface area contributed by atoms with Gasteiger partial charge in [-0.25, -0.2) is 0 Å². The summed E-state index contributed by atoms with van der Waals surface area (Å²) in [6, 6.07) is 0. The van der Waals surface area contributed by atoms with Crippen LogP contribution in [-0.4, -0.2) is 11.9 Å². The second-order valence-electron chi connectivity index (χ2n) is 14.3. The van der Waals surface area contributed by atoms with Crippen LogP contribution >= 0.6 is 0 Å². The fraction of sp³-hybridized carbons (Fsp3) is 0.952. The smallest absolute Gasteiger partial charge is 0.550 e. The van der Waals surface area contributed by atoms with Crippen molar-refractivity contribution in [1.82, 2.24) is 0 Å². The Labute approximate surface area is 305 Å². The summed E-state index contributed by atoms with van der Waals surface area (Å²) in [4.78, 5) is 20.5. The molecule has 0 aromatic carbocycles. The third-order valence-corrected chi connectivity index (χ3v) is 9.47. The van der Waals surface area contributed by atoms with E-state index in [0.29, 0.717) is 0 Å². The molecule has 0 rings (SSSR count). The number of hydrogen-bond donors (Lipinski definition) is 0. The predicted molar refractivity (Wildman–Crippen MR) is 197 cm³/mol. The first-order valence-corrected chi connectivity index (χ1v) is 20.9. The molecule has 5 heteroatoms. The van der Waals surface area contributed by atoms with Crippen LogP contribution in [0.5, 0.6) is 0 Å². The summed E-state index contributed by atoms with van der Waals surface area (Å²) in [7, 11) is 0. The molecule has 0 unspecified atom stereocenters. The van der Waals surface area contributed by atoms with Crippen molar-refractivity contribution in [1.29, 1.82) is 0 Å². The van der Waals surface area contributed by atoms with E-state index in [0.717, 1.165) is 25.7 Å². The molecule has 0 aromatic heterocycles. The van der Waals surface area contributed by atoms with E-state index in [9.17, 15) is 19.8 Å². The molecule has 285 valence electrons. The molecule has 0 N–H and O–H groups in total. The summed E-state index contributed by atoms with van der Waals surface area (Å²) in [5.41, 5.74) is 0. The predicted octanol–water partition coefficient (Wildman–Crippen LogP) is 12.3. The molecule has 0 fully saturated rings. The molecular weight excluding hydrogens is 632 g/mol. The normalized spacial score (nSPS) is 10.8. The van der Waals surface area contributed by atoms with Gasteiger partial charge in [0, 0.05) is 11.9 Å². The minimum absolute atomic E-state index is 0. The van der Waals surface area contributed by atoms with Gasteiger partial charge in [-0.1, -0.05) is 232 Å². The van der Waals surface area contributed by atoms with Crippen LogP contribution in [0.4, 0.5) is 0 Å². The van der Waals surface area contributed by atoms with E-state index in [1.54, 1.807) is 0 Å². The summed E-state index contributed by atoms with van der Waals surface area (Å²) in [6.45, 7) is 4.56. The third kappa shape index (κ3) is 55.1. The van der Waals surface area contributed by atoms with Gasteiger partial charge in [0.25, 0.3) is 0 Å². The number of unbranched alkanes of at least 4 members (excludes halogenated alkanes) is 34. The molecule has 1 radical (unpaired) electrons. The monoisotopic (exact) mass is 714 g/mol. The van der Waals surface area contributed by atoms with Crippen LogP contribution in [0.25, 0.3) is 0 Å². The molecule has 0 amide bonds. The van der Waals surface area contributed by atoms with Gasteiger partial charge in [-0.2, -0.15) is 0 Å². The molecule has 0 spiro atoms. The summed E-state index contributed by atoms with van der Waals surface area (Å²) >= 11 is 0. The van der Waals surface area contributed by atoms with Gasteiger partial charge in [0.05, 0.1) is 0 Å². The van der Waals surface area contributed by atoms with Gasteiger partial charge in [0.1, 0.15) is 0 Å². The standard InChI is InChI=1S/2C21H42O2.Cu/c2*1-2-3-4-5-6-7-8-9-10-11-12-13-14-15-16-17-18-19-20-21(22)23;/h2*2-20H2,1H3,(H,22,23);/q;;+2/p-2. The number of aliphatic carboxylic acids is 2. The number of carboxylic acids is 2. The van der Waals surface area contributed by atoms with Crippen LogP contribution in [0.1, 0.15) is 258 Å². The number of hydrogen-bond acceptors (Lipinski definition) is 4. The second-order valence-corrected chi connectivity index (χ2v) is 14.3. The summed E-state index contributed by atoms with van der Waals surface area (Å²) in [6.07, 6.45) is 48.5. The fourth-order valence-electron chi connectivity index (χ4n) is 6.34. The maximum atomic E-state index is 10.3. The quantitative estimate of drug-likeness (QED) is 0.0471. The van der Waals surface area contributed by atoms with E-state index in [1.165, 1.54) is 205 Å². The van der Waals surface area contributed by atoms with Crippen LogP contribution < -0.4 is 10.2 Å². The molecule has 0 aromatic rings. The Morgan fingerprint density at radius 1 is 0.277 bits per heavy atom. The zero-order valence-electron chi connectivity index (χ0n) is 31.8. The number of carboxylic acid groups (broad SMARTS) is 2. The Bertz CT molecular complexity index is 533. The summed E-state index contributed by atoms with van der Waals surface area (Å²) in [5, 5.41) is 20.5. The molecule has 0 aliphatic carbocycles. The Morgan fingerprint density at radius 2 is 0.404 bits per heavy atom. The van der Waals surface area contributed by atoms with Crippen LogP contribution in [0, 0.1) is 0 Å². The van der Waals surface area contributed by atoms with Gasteiger partial charge in [-0.3, -0.25) is 0 Å². The molecule has 47 heavy (non-hydrogen) atoms. The maximum Gasteiger partial charge on any atom is 2.00 e. The second kappa shape index (κ2) is 47.6. The van der Waals surface area contributed by atoms with Gasteiger partial charge >= 0.3 is 17.1 Å². The first kappa shape index (κ1) is 50.8. The van der Waals surface area contributed by atoms with Gasteiger partial charge in [0.2, 0.25) is 0 Å². The van der Waals surface area contributed by atoms with Crippen molar-refractivity contribution in [3.05, 3.63) is 0 Å². The Kier molecular flexibility index (Phi) is 51.5. The third-order valence-electron chi connectivity index (χ3n) is 9.47. The fourth-order valence-corrected chi connectivity index (χ4v) is 6.34. The SMILES string of the molecule is CCCCCCCCCCCCCCCCCCCCC(=O)[O-].CCCCCCCCCCCCCCCCCCCCC(=O)[O-].[Cu+2]. The van der Waals surface area contributed by atoms with Crippen LogP contribution in [-0.2, 0) is 26.7 Å². The maximum absolute atomic E-state index is 10.3. The van der Waals surface area contributed by atoms with Crippen LogP contribution in [0.3, 0.4) is 0 Å². The number of carbonyl (C=O) groups excluding carboxylic acids is 2. The van der Waals surface area contributed by atoms with Crippen molar-refractivity contribution in [2.75, 3.05) is 0 Å². The zero-order chi connectivity index (χ0) is 34.0. The average Bonchev–Trinajstić information content (AvgIpc) is 3.03. The minimum atomic E-state index is -0.901. The van der Waals surface area contributed by atoms with Gasteiger partial charge in [0.15, 0.2) is 0 Å². The molecule has 0 aliphatic heterocycles. The molecule has 0 heterocycles. The van der Waals surface area contributed by atoms with Crippen molar-refractivity contribution in [3.8, 4) is 0 Å².